The Kier molecular flexibility index (Phi) is 1.88. The number of hydrogen-bond acceptors (Lipinski definition) is 2. The van der Waals surface area contributed by atoms with E-state index in [0.29, 0.717) is 6.04 Å². The Morgan fingerprint density at radius 1 is 1.45 bits per heavy atom. The molecule has 2 rings (SSSR count). The van der Waals surface area contributed by atoms with Crippen molar-refractivity contribution in [2.75, 3.05) is 12.8 Å². The zero-order chi connectivity index (χ0) is 7.68. The average Bonchev–Trinajstić information content (AvgIpc) is 2.47. The quantitative estimate of drug-likeness (QED) is 0.683. The molecular formula is C9H11NS. The average molecular weight is 165 g/mol. The lowest BCUT2D eigenvalue weighted by Crippen LogP contribution is -2.15. The van der Waals surface area contributed by atoms with Crippen LogP contribution in [0.4, 0.5) is 0 Å². The van der Waals surface area contributed by atoms with E-state index in [-0.39, 0.29) is 0 Å². The number of nitrogens with one attached hydrogen (secondary N) is 1. The second-order valence-electron chi connectivity index (χ2n) is 2.69. The molecule has 1 unspecified atom stereocenters. The first-order valence-corrected chi connectivity index (χ1v) is 4.79. The van der Waals surface area contributed by atoms with Crippen LogP contribution in [-0.4, -0.2) is 12.8 Å². The van der Waals surface area contributed by atoms with Gasteiger partial charge in [0, 0.05) is 16.7 Å². The van der Waals surface area contributed by atoms with Crippen LogP contribution in [0.5, 0.6) is 0 Å². The first-order chi connectivity index (χ1) is 5.42. The molecule has 0 aromatic heterocycles. The largest absolute Gasteiger partial charge is 0.312 e. The van der Waals surface area contributed by atoms with E-state index in [9.17, 15) is 0 Å². The molecule has 58 valence electrons. The van der Waals surface area contributed by atoms with Gasteiger partial charge in [0.25, 0.3) is 0 Å². The number of thioether (sulfide) groups is 1. The van der Waals surface area contributed by atoms with Crippen LogP contribution in [0.25, 0.3) is 0 Å². The molecule has 1 N–H and O–H groups in total. The van der Waals surface area contributed by atoms with Crippen LogP contribution in [0.15, 0.2) is 29.2 Å². The first-order valence-electron chi connectivity index (χ1n) is 3.81. The summed E-state index contributed by atoms with van der Waals surface area (Å²) in [5, 5.41) is 3.30. The molecule has 0 saturated carbocycles. The van der Waals surface area contributed by atoms with Gasteiger partial charge in [-0.1, -0.05) is 18.2 Å². The van der Waals surface area contributed by atoms with Gasteiger partial charge in [-0.25, -0.2) is 0 Å². The number of fused-ring (bicyclic) bond motifs is 1. The molecule has 1 nitrogen and oxygen atoms in total. The molecule has 1 aliphatic heterocycles. The molecule has 1 aliphatic rings. The molecule has 1 heterocycles. The van der Waals surface area contributed by atoms with Crippen molar-refractivity contribution < 1.29 is 0 Å². The second-order valence-corrected chi connectivity index (χ2v) is 3.75. The van der Waals surface area contributed by atoms with Crippen LogP contribution >= 0.6 is 11.8 Å². The highest BCUT2D eigenvalue weighted by Gasteiger charge is 2.19. The van der Waals surface area contributed by atoms with Crippen LogP contribution in [0.1, 0.15) is 11.6 Å². The predicted octanol–water partition coefficient (Wildman–Crippen LogP) is 2.05. The molecule has 0 aliphatic carbocycles. The maximum Gasteiger partial charge on any atom is 0.0424 e. The zero-order valence-electron chi connectivity index (χ0n) is 6.50. The van der Waals surface area contributed by atoms with Crippen molar-refractivity contribution in [1.29, 1.82) is 0 Å². The Labute approximate surface area is 71.2 Å². The highest BCUT2D eigenvalue weighted by atomic mass is 32.2. The standard InChI is InChI=1S/C9H11NS/c1-10-8-6-11-9-5-3-2-4-7(8)9/h2-5,8,10H,6H2,1H3. The lowest BCUT2D eigenvalue weighted by atomic mass is 10.1. The summed E-state index contributed by atoms with van der Waals surface area (Å²) < 4.78 is 0. The maximum absolute atomic E-state index is 3.30. The van der Waals surface area contributed by atoms with Crippen LogP contribution in [0, 0.1) is 0 Å². The molecule has 1 aromatic carbocycles. The van der Waals surface area contributed by atoms with Crippen molar-refractivity contribution in [3.05, 3.63) is 29.8 Å². The normalized spacial score (nSPS) is 21.7. The molecule has 0 radical (unpaired) electrons. The molecule has 1 atom stereocenters. The van der Waals surface area contributed by atoms with Crippen LogP contribution in [-0.2, 0) is 0 Å². The SMILES string of the molecule is CNC1CSc2ccccc21. The Bertz CT molecular complexity index is 259. The van der Waals surface area contributed by atoms with Gasteiger partial charge in [-0.15, -0.1) is 11.8 Å². The minimum Gasteiger partial charge on any atom is -0.312 e. The lowest BCUT2D eigenvalue weighted by Gasteiger charge is -2.07. The van der Waals surface area contributed by atoms with Gasteiger partial charge in [0.15, 0.2) is 0 Å². The van der Waals surface area contributed by atoms with E-state index in [1.165, 1.54) is 16.2 Å². The number of rotatable bonds is 1. The van der Waals surface area contributed by atoms with Crippen molar-refractivity contribution in [2.45, 2.75) is 10.9 Å². The first kappa shape index (κ1) is 7.19. The Hall–Kier alpha value is -0.470. The monoisotopic (exact) mass is 165 g/mol. The molecule has 0 fully saturated rings. The molecule has 0 amide bonds. The highest BCUT2D eigenvalue weighted by molar-refractivity contribution is 7.99. The molecule has 1 aromatic rings. The van der Waals surface area contributed by atoms with Gasteiger partial charge in [-0.2, -0.15) is 0 Å². The smallest absolute Gasteiger partial charge is 0.0424 e. The van der Waals surface area contributed by atoms with E-state index in [0.717, 1.165) is 0 Å². The summed E-state index contributed by atoms with van der Waals surface area (Å²) in [6.07, 6.45) is 0. The Balaban J connectivity index is 2.39. The lowest BCUT2D eigenvalue weighted by molar-refractivity contribution is 0.664. The minimum absolute atomic E-state index is 0.566. The van der Waals surface area contributed by atoms with E-state index in [4.69, 9.17) is 0 Å². The van der Waals surface area contributed by atoms with Gasteiger partial charge in [-0.3, -0.25) is 0 Å². The van der Waals surface area contributed by atoms with E-state index in [1.54, 1.807) is 0 Å². The highest BCUT2D eigenvalue weighted by Crippen LogP contribution is 2.37. The van der Waals surface area contributed by atoms with E-state index >= 15 is 0 Å². The summed E-state index contributed by atoms with van der Waals surface area (Å²) in [5.41, 5.74) is 1.46. The molecule has 0 bridgehead atoms. The summed E-state index contributed by atoms with van der Waals surface area (Å²) in [5.74, 6) is 1.18. The van der Waals surface area contributed by atoms with E-state index in [1.807, 2.05) is 18.8 Å². The Morgan fingerprint density at radius 2 is 2.27 bits per heavy atom. The summed E-state index contributed by atoms with van der Waals surface area (Å²) in [6.45, 7) is 0. The van der Waals surface area contributed by atoms with Gasteiger partial charge >= 0.3 is 0 Å². The fraction of sp³-hybridized carbons (Fsp3) is 0.333. The molecule has 0 saturated heterocycles. The van der Waals surface area contributed by atoms with Gasteiger partial charge in [0.2, 0.25) is 0 Å². The van der Waals surface area contributed by atoms with Gasteiger partial charge in [0.05, 0.1) is 0 Å². The maximum atomic E-state index is 3.30. The number of benzene rings is 1. The predicted molar refractivity (Wildman–Crippen MR) is 49.0 cm³/mol. The van der Waals surface area contributed by atoms with Crippen molar-refractivity contribution in [1.82, 2.24) is 5.32 Å². The van der Waals surface area contributed by atoms with E-state index < -0.39 is 0 Å². The minimum atomic E-state index is 0.566. The summed E-state index contributed by atoms with van der Waals surface area (Å²) >= 11 is 1.94. The molecular weight excluding hydrogens is 154 g/mol. The second kappa shape index (κ2) is 2.88. The number of hydrogen-bond donors (Lipinski definition) is 1. The van der Waals surface area contributed by atoms with Crippen molar-refractivity contribution in [3.63, 3.8) is 0 Å². The van der Waals surface area contributed by atoms with Crippen molar-refractivity contribution in [3.8, 4) is 0 Å². The van der Waals surface area contributed by atoms with Gasteiger partial charge < -0.3 is 5.32 Å². The Morgan fingerprint density at radius 3 is 3.09 bits per heavy atom. The third-order valence-corrected chi connectivity index (χ3v) is 3.23. The van der Waals surface area contributed by atoms with Crippen molar-refractivity contribution in [2.24, 2.45) is 0 Å². The topological polar surface area (TPSA) is 12.0 Å². The van der Waals surface area contributed by atoms with Crippen LogP contribution < -0.4 is 5.32 Å². The van der Waals surface area contributed by atoms with Gasteiger partial charge in [-0.05, 0) is 18.7 Å². The summed E-state index contributed by atoms with van der Waals surface area (Å²) in [7, 11) is 2.02. The molecule has 11 heavy (non-hydrogen) atoms. The molecule has 2 heteroatoms. The van der Waals surface area contributed by atoms with Crippen LogP contribution in [0.2, 0.25) is 0 Å². The van der Waals surface area contributed by atoms with Crippen LogP contribution in [0.3, 0.4) is 0 Å². The van der Waals surface area contributed by atoms with E-state index in [2.05, 4.69) is 29.6 Å². The fourth-order valence-corrected chi connectivity index (χ4v) is 2.65. The molecule has 0 spiro atoms. The van der Waals surface area contributed by atoms with Gasteiger partial charge in [0.1, 0.15) is 0 Å². The fourth-order valence-electron chi connectivity index (χ4n) is 1.40. The third-order valence-electron chi connectivity index (χ3n) is 2.05. The summed E-state index contributed by atoms with van der Waals surface area (Å²) in [6, 6.07) is 9.17. The zero-order valence-corrected chi connectivity index (χ0v) is 7.32. The van der Waals surface area contributed by atoms with Crippen molar-refractivity contribution >= 4 is 11.8 Å². The third kappa shape index (κ3) is 1.17. The summed E-state index contributed by atoms with van der Waals surface area (Å²) in [4.78, 5) is 1.44.